The van der Waals surface area contributed by atoms with Crippen molar-refractivity contribution in [3.63, 3.8) is 0 Å². The van der Waals surface area contributed by atoms with Gasteiger partial charge in [0.25, 0.3) is 8.32 Å². The predicted octanol–water partition coefficient (Wildman–Crippen LogP) is 5.29. The van der Waals surface area contributed by atoms with Gasteiger partial charge in [-0.1, -0.05) is 45.4 Å². The largest absolute Gasteiger partial charge is 0.543 e. The molecule has 0 N–H and O–H groups in total. The van der Waals surface area contributed by atoms with Crippen LogP contribution in [0.4, 0.5) is 0 Å². The van der Waals surface area contributed by atoms with E-state index in [2.05, 4.69) is 46.9 Å². The second-order valence-corrected chi connectivity index (χ2v) is 11.1. The number of aryl methyl sites for hydroxylation is 1. The quantitative estimate of drug-likeness (QED) is 0.679. The maximum atomic E-state index is 6.26. The van der Waals surface area contributed by atoms with E-state index in [-0.39, 0.29) is 5.04 Å². The highest BCUT2D eigenvalue weighted by Gasteiger charge is 2.39. The van der Waals surface area contributed by atoms with Crippen molar-refractivity contribution in [2.45, 2.75) is 52.2 Å². The van der Waals surface area contributed by atoms with Crippen molar-refractivity contribution in [2.24, 2.45) is 0 Å². The lowest BCUT2D eigenvalue weighted by molar-refractivity contribution is 0.492. The van der Waals surface area contributed by atoms with Crippen LogP contribution in [0, 0.1) is 0 Å². The molecule has 0 saturated carbocycles. The molecule has 0 aliphatic carbocycles. The van der Waals surface area contributed by atoms with Crippen molar-refractivity contribution in [3.8, 4) is 5.75 Å². The van der Waals surface area contributed by atoms with Crippen molar-refractivity contribution in [1.29, 1.82) is 0 Å². The molecule has 0 aliphatic heterocycles. The molecule has 0 amide bonds. The van der Waals surface area contributed by atoms with Crippen molar-refractivity contribution in [3.05, 3.63) is 28.8 Å². The van der Waals surface area contributed by atoms with E-state index in [1.54, 1.807) is 0 Å². The molecule has 0 fully saturated rings. The molecule has 0 saturated heterocycles. The first kappa shape index (κ1) is 14.6. The topological polar surface area (TPSA) is 9.23 Å². The van der Waals surface area contributed by atoms with Crippen LogP contribution in [0.5, 0.6) is 5.75 Å². The summed E-state index contributed by atoms with van der Waals surface area (Å²) >= 11 is 6.26. The van der Waals surface area contributed by atoms with Crippen LogP contribution >= 0.6 is 11.6 Å². The minimum absolute atomic E-state index is 0.194. The predicted molar refractivity (Wildman–Crippen MR) is 78.7 cm³/mol. The summed E-state index contributed by atoms with van der Waals surface area (Å²) in [6.45, 7) is 13.3. The monoisotopic (exact) mass is 270 g/mol. The standard InChI is InChI=1S/C14H23ClOSi/c1-7-11-8-9-13(12(15)10-11)16-17(5,6)14(2,3)4/h8-10H,7H2,1-6H3. The molecule has 1 nitrogen and oxygen atoms in total. The second-order valence-electron chi connectivity index (χ2n) is 5.98. The summed E-state index contributed by atoms with van der Waals surface area (Å²) in [5.74, 6) is 0.829. The van der Waals surface area contributed by atoms with Crippen LogP contribution in [0.2, 0.25) is 23.2 Å². The summed E-state index contributed by atoms with van der Waals surface area (Å²) in [6.07, 6.45) is 1.00. The minimum Gasteiger partial charge on any atom is -0.543 e. The number of halogens is 1. The van der Waals surface area contributed by atoms with Crippen LogP contribution in [0.25, 0.3) is 0 Å². The van der Waals surface area contributed by atoms with Gasteiger partial charge in [0.2, 0.25) is 0 Å². The average molecular weight is 271 g/mol. The molecule has 96 valence electrons. The molecule has 3 heteroatoms. The van der Waals surface area contributed by atoms with Crippen molar-refractivity contribution in [1.82, 2.24) is 0 Å². The lowest BCUT2D eigenvalue weighted by Crippen LogP contribution is -2.43. The van der Waals surface area contributed by atoms with Crippen molar-refractivity contribution < 1.29 is 4.43 Å². The summed E-state index contributed by atoms with van der Waals surface area (Å²) in [5.41, 5.74) is 1.25. The number of rotatable bonds is 3. The first-order valence-electron chi connectivity index (χ1n) is 6.15. The van der Waals surface area contributed by atoms with Gasteiger partial charge < -0.3 is 4.43 Å². The molecule has 0 spiro atoms. The van der Waals surface area contributed by atoms with E-state index in [0.717, 1.165) is 17.2 Å². The third-order valence-electron chi connectivity index (χ3n) is 3.58. The summed E-state index contributed by atoms with van der Waals surface area (Å²) < 4.78 is 6.20. The van der Waals surface area contributed by atoms with E-state index in [1.807, 2.05) is 12.1 Å². The Balaban J connectivity index is 2.96. The number of hydrogen-bond acceptors (Lipinski definition) is 1. The fourth-order valence-corrected chi connectivity index (χ4v) is 2.62. The minimum atomic E-state index is -1.79. The number of hydrogen-bond donors (Lipinski definition) is 0. The Labute approximate surface area is 111 Å². The highest BCUT2D eigenvalue weighted by Crippen LogP contribution is 2.39. The van der Waals surface area contributed by atoms with Crippen LogP contribution in [0.3, 0.4) is 0 Å². The van der Waals surface area contributed by atoms with Crippen molar-refractivity contribution >= 4 is 19.9 Å². The fourth-order valence-electron chi connectivity index (χ4n) is 1.28. The van der Waals surface area contributed by atoms with Gasteiger partial charge in [-0.15, -0.1) is 0 Å². The van der Waals surface area contributed by atoms with Crippen LogP contribution in [-0.4, -0.2) is 8.32 Å². The Morgan fingerprint density at radius 3 is 2.24 bits per heavy atom. The van der Waals surface area contributed by atoms with Gasteiger partial charge >= 0.3 is 0 Å². The maximum absolute atomic E-state index is 6.26. The third-order valence-corrected chi connectivity index (χ3v) is 8.21. The normalized spacial score (nSPS) is 12.6. The molecule has 1 aromatic carbocycles. The lowest BCUT2D eigenvalue weighted by Gasteiger charge is -2.36. The molecule has 0 aromatic heterocycles. The van der Waals surface area contributed by atoms with Gasteiger partial charge in [0.05, 0.1) is 5.02 Å². The molecule has 0 radical (unpaired) electrons. The van der Waals surface area contributed by atoms with E-state index in [4.69, 9.17) is 16.0 Å². The smallest absolute Gasteiger partial charge is 0.250 e. The average Bonchev–Trinajstić information content (AvgIpc) is 2.19. The highest BCUT2D eigenvalue weighted by atomic mass is 35.5. The Bertz CT molecular complexity index is 394. The van der Waals surface area contributed by atoms with E-state index in [9.17, 15) is 0 Å². The molecular weight excluding hydrogens is 248 g/mol. The Kier molecular flexibility index (Phi) is 4.31. The number of benzene rings is 1. The molecule has 1 rings (SSSR count). The van der Waals surface area contributed by atoms with E-state index < -0.39 is 8.32 Å². The first-order valence-corrected chi connectivity index (χ1v) is 9.43. The fraction of sp³-hybridized carbons (Fsp3) is 0.571. The molecule has 1 aromatic rings. The zero-order chi connectivity index (χ0) is 13.3. The van der Waals surface area contributed by atoms with Crippen molar-refractivity contribution in [2.75, 3.05) is 0 Å². The van der Waals surface area contributed by atoms with Gasteiger partial charge in [0.15, 0.2) is 0 Å². The first-order chi connectivity index (χ1) is 7.67. The van der Waals surface area contributed by atoms with Gasteiger partial charge in [0.1, 0.15) is 5.75 Å². The van der Waals surface area contributed by atoms with Gasteiger partial charge in [0, 0.05) is 0 Å². The zero-order valence-electron chi connectivity index (χ0n) is 11.7. The second kappa shape index (κ2) is 5.03. The Morgan fingerprint density at radius 2 is 1.82 bits per heavy atom. The van der Waals surface area contributed by atoms with Crippen LogP contribution in [0.15, 0.2) is 18.2 Å². The molecule has 0 unspecified atom stereocenters. The van der Waals surface area contributed by atoms with Crippen LogP contribution in [-0.2, 0) is 6.42 Å². The maximum Gasteiger partial charge on any atom is 0.250 e. The SMILES string of the molecule is CCc1ccc(O[Si](C)(C)C(C)(C)C)c(Cl)c1. The zero-order valence-corrected chi connectivity index (χ0v) is 13.5. The molecule has 0 heterocycles. The van der Waals surface area contributed by atoms with E-state index in [0.29, 0.717) is 0 Å². The summed E-state index contributed by atoms with van der Waals surface area (Å²) in [4.78, 5) is 0. The molecule has 17 heavy (non-hydrogen) atoms. The van der Waals surface area contributed by atoms with Crippen LogP contribution < -0.4 is 4.43 Å². The molecule has 0 aliphatic rings. The van der Waals surface area contributed by atoms with Gasteiger partial charge in [-0.2, -0.15) is 0 Å². The Hall–Kier alpha value is -0.473. The summed E-state index contributed by atoms with van der Waals surface area (Å²) in [5, 5.41) is 0.925. The van der Waals surface area contributed by atoms with Gasteiger partial charge in [-0.3, -0.25) is 0 Å². The molecular formula is C14H23ClOSi. The van der Waals surface area contributed by atoms with E-state index >= 15 is 0 Å². The van der Waals surface area contributed by atoms with Gasteiger partial charge in [-0.25, -0.2) is 0 Å². The highest BCUT2D eigenvalue weighted by molar-refractivity contribution is 6.74. The summed E-state index contributed by atoms with van der Waals surface area (Å²) in [6, 6.07) is 6.10. The molecule has 0 bridgehead atoms. The van der Waals surface area contributed by atoms with Gasteiger partial charge in [-0.05, 0) is 42.2 Å². The summed E-state index contributed by atoms with van der Waals surface area (Å²) in [7, 11) is -1.79. The Morgan fingerprint density at radius 1 is 1.24 bits per heavy atom. The third kappa shape index (κ3) is 3.49. The van der Waals surface area contributed by atoms with Crippen LogP contribution in [0.1, 0.15) is 33.3 Å². The van der Waals surface area contributed by atoms with E-state index in [1.165, 1.54) is 5.56 Å². The molecule has 0 atom stereocenters. The lowest BCUT2D eigenvalue weighted by atomic mass is 10.2.